The third kappa shape index (κ3) is 4.26. The lowest BCUT2D eigenvalue weighted by molar-refractivity contribution is -0.117. The largest absolute Gasteiger partial charge is 0.495 e. The Balaban J connectivity index is 2.06. The van der Waals surface area contributed by atoms with Gasteiger partial charge in [0, 0.05) is 17.7 Å². The molecule has 0 saturated carbocycles. The van der Waals surface area contributed by atoms with Gasteiger partial charge < -0.3 is 14.4 Å². The molecule has 0 N–H and O–H groups in total. The van der Waals surface area contributed by atoms with Gasteiger partial charge in [0.15, 0.2) is 15.0 Å². The van der Waals surface area contributed by atoms with Crippen molar-refractivity contribution >= 4 is 50.0 Å². The van der Waals surface area contributed by atoms with E-state index in [1.165, 1.54) is 26.0 Å². The second-order valence-electron chi connectivity index (χ2n) is 6.72. The van der Waals surface area contributed by atoms with Crippen molar-refractivity contribution in [2.45, 2.75) is 37.5 Å². The van der Waals surface area contributed by atoms with Gasteiger partial charge in [0.25, 0.3) is 0 Å². The highest BCUT2D eigenvalue weighted by molar-refractivity contribution is 8.16. The van der Waals surface area contributed by atoms with Crippen molar-refractivity contribution in [3.05, 3.63) is 17.2 Å². The minimum Gasteiger partial charge on any atom is -0.495 e. The first-order valence-electron chi connectivity index (χ1n) is 8.99. The minimum atomic E-state index is -3.16. The molecular weight excluding hydrogens is 424 g/mol. The molecule has 0 aliphatic carbocycles. The maximum atomic E-state index is 12.3. The molecule has 2 aliphatic heterocycles. The standard InChI is InChI=1S/C18H23ClN2O5S2/c1-4-5-6-17(22)20-18-21(13-9-28(23,24)10-16(13)27-18)12-7-11(19)14(25-2)8-15(12)26-3/h7-8,13,16H,4-6,9-10H2,1-3H3/t13-,16+/m1/s1. The van der Waals surface area contributed by atoms with Gasteiger partial charge in [-0.2, -0.15) is 4.99 Å². The monoisotopic (exact) mass is 446 g/mol. The molecule has 0 radical (unpaired) electrons. The molecule has 2 fully saturated rings. The summed E-state index contributed by atoms with van der Waals surface area (Å²) >= 11 is 7.65. The van der Waals surface area contributed by atoms with Crippen LogP contribution in [0.5, 0.6) is 11.5 Å². The number of halogens is 1. The number of thioether (sulfide) groups is 1. The fraction of sp³-hybridized carbons (Fsp3) is 0.556. The van der Waals surface area contributed by atoms with Gasteiger partial charge in [-0.3, -0.25) is 4.79 Å². The normalized spacial score (nSPS) is 24.4. The maximum Gasteiger partial charge on any atom is 0.248 e. The van der Waals surface area contributed by atoms with Crippen molar-refractivity contribution in [3.63, 3.8) is 0 Å². The number of nitrogens with zero attached hydrogens (tertiary/aromatic N) is 2. The van der Waals surface area contributed by atoms with Gasteiger partial charge in [0.2, 0.25) is 5.91 Å². The van der Waals surface area contributed by atoms with Crippen LogP contribution >= 0.6 is 23.4 Å². The first kappa shape index (κ1) is 21.3. The van der Waals surface area contributed by atoms with Crippen molar-refractivity contribution < 1.29 is 22.7 Å². The lowest BCUT2D eigenvalue weighted by Crippen LogP contribution is -2.38. The van der Waals surface area contributed by atoms with Crippen molar-refractivity contribution in [1.82, 2.24) is 0 Å². The van der Waals surface area contributed by atoms with E-state index in [1.54, 1.807) is 17.0 Å². The summed E-state index contributed by atoms with van der Waals surface area (Å²) in [6.07, 6.45) is 2.03. The Morgan fingerprint density at radius 2 is 2.00 bits per heavy atom. The van der Waals surface area contributed by atoms with Crippen molar-refractivity contribution in [2.24, 2.45) is 4.99 Å². The number of carbonyl (C=O) groups is 1. The number of sulfone groups is 1. The second-order valence-corrected chi connectivity index (χ2v) is 10.5. The zero-order valence-electron chi connectivity index (χ0n) is 16.0. The van der Waals surface area contributed by atoms with Gasteiger partial charge in [-0.25, -0.2) is 8.42 Å². The minimum absolute atomic E-state index is 0.000357. The summed E-state index contributed by atoms with van der Waals surface area (Å²) in [7, 11) is -0.136. The molecule has 2 heterocycles. The van der Waals surface area contributed by atoms with Gasteiger partial charge in [0.1, 0.15) is 11.5 Å². The summed E-state index contributed by atoms with van der Waals surface area (Å²) in [6.45, 7) is 2.01. The molecule has 2 saturated heterocycles. The second kappa shape index (κ2) is 8.51. The highest BCUT2D eigenvalue weighted by Crippen LogP contribution is 2.46. The van der Waals surface area contributed by atoms with Crippen LogP contribution in [0.2, 0.25) is 5.02 Å². The predicted octanol–water partition coefficient (Wildman–Crippen LogP) is 3.15. The van der Waals surface area contributed by atoms with Crippen LogP contribution in [-0.4, -0.2) is 56.5 Å². The zero-order valence-corrected chi connectivity index (χ0v) is 18.4. The molecule has 10 heteroatoms. The fourth-order valence-electron chi connectivity index (χ4n) is 3.37. The van der Waals surface area contributed by atoms with Crippen LogP contribution < -0.4 is 14.4 Å². The molecule has 1 aromatic rings. The molecule has 0 unspecified atom stereocenters. The summed E-state index contributed by atoms with van der Waals surface area (Å²) in [5.74, 6) is 0.769. The third-order valence-electron chi connectivity index (χ3n) is 4.74. The highest BCUT2D eigenvalue weighted by atomic mass is 35.5. The number of anilines is 1. The van der Waals surface area contributed by atoms with E-state index >= 15 is 0 Å². The third-order valence-corrected chi connectivity index (χ3v) is 8.25. The van der Waals surface area contributed by atoms with Gasteiger partial charge in [-0.05, 0) is 12.5 Å². The molecule has 7 nitrogen and oxygen atoms in total. The number of benzene rings is 1. The molecule has 1 amide bonds. The van der Waals surface area contributed by atoms with Crippen molar-refractivity contribution in [1.29, 1.82) is 0 Å². The predicted molar refractivity (Wildman–Crippen MR) is 113 cm³/mol. The maximum absolute atomic E-state index is 12.3. The Hall–Kier alpha value is -1.45. The summed E-state index contributed by atoms with van der Waals surface area (Å²) in [5, 5.41) is 0.670. The Labute approximate surface area is 174 Å². The first-order valence-corrected chi connectivity index (χ1v) is 12.1. The molecule has 2 aliphatic rings. The number of amides is 1. The van der Waals surface area contributed by atoms with E-state index in [0.29, 0.717) is 33.8 Å². The van der Waals surface area contributed by atoms with Crippen LogP contribution in [-0.2, 0) is 14.6 Å². The molecule has 2 atom stereocenters. The van der Waals surface area contributed by atoms with Gasteiger partial charge in [0.05, 0.1) is 42.5 Å². The Morgan fingerprint density at radius 3 is 2.64 bits per heavy atom. The molecule has 3 rings (SSSR count). The van der Waals surface area contributed by atoms with Gasteiger partial charge in [-0.15, -0.1) is 0 Å². The molecule has 0 aromatic heterocycles. The number of methoxy groups -OCH3 is 2. The van der Waals surface area contributed by atoms with E-state index in [0.717, 1.165) is 12.8 Å². The van der Waals surface area contributed by atoms with Gasteiger partial charge >= 0.3 is 0 Å². The molecule has 0 spiro atoms. The first-order chi connectivity index (χ1) is 13.3. The molecule has 1 aromatic carbocycles. The summed E-state index contributed by atoms with van der Waals surface area (Å²) in [5.41, 5.74) is 0.576. The number of fused-ring (bicyclic) bond motifs is 1. The quantitative estimate of drug-likeness (QED) is 0.663. The van der Waals surface area contributed by atoms with Gasteiger partial charge in [-0.1, -0.05) is 36.7 Å². The van der Waals surface area contributed by atoms with E-state index in [-0.39, 0.29) is 28.7 Å². The molecular formula is C18H23ClN2O5S2. The Kier molecular flexibility index (Phi) is 6.46. The van der Waals surface area contributed by atoms with Crippen LogP contribution in [0.3, 0.4) is 0 Å². The summed E-state index contributed by atoms with van der Waals surface area (Å²) < 4.78 is 35.1. The molecule has 28 heavy (non-hydrogen) atoms. The van der Waals surface area contributed by atoms with E-state index in [4.69, 9.17) is 21.1 Å². The topological polar surface area (TPSA) is 85.3 Å². The number of ether oxygens (including phenoxy) is 2. The van der Waals surface area contributed by atoms with E-state index in [9.17, 15) is 13.2 Å². The number of carbonyl (C=O) groups excluding carboxylic acids is 1. The SMILES string of the molecule is CCCCC(=O)N=C1S[C@H]2CS(=O)(=O)C[C@H]2N1c1cc(Cl)c(OC)cc1OC. The van der Waals surface area contributed by atoms with Crippen LogP contribution in [0, 0.1) is 0 Å². The van der Waals surface area contributed by atoms with E-state index in [1.807, 2.05) is 6.92 Å². The number of rotatable bonds is 6. The van der Waals surface area contributed by atoms with Crippen molar-refractivity contribution in [2.75, 3.05) is 30.6 Å². The van der Waals surface area contributed by atoms with Crippen LogP contribution in [0.15, 0.2) is 17.1 Å². The van der Waals surface area contributed by atoms with Crippen LogP contribution in [0.25, 0.3) is 0 Å². The van der Waals surface area contributed by atoms with Crippen LogP contribution in [0.1, 0.15) is 26.2 Å². The fourth-order valence-corrected chi connectivity index (χ4v) is 7.53. The summed E-state index contributed by atoms with van der Waals surface area (Å²) in [4.78, 5) is 18.4. The lowest BCUT2D eigenvalue weighted by Gasteiger charge is -2.26. The Bertz CT molecular complexity index is 903. The summed E-state index contributed by atoms with van der Waals surface area (Å²) in [6, 6.07) is 2.99. The highest BCUT2D eigenvalue weighted by Gasteiger charge is 2.50. The Morgan fingerprint density at radius 1 is 1.29 bits per heavy atom. The number of unbranched alkanes of at least 4 members (excludes halogenated alkanes) is 1. The smallest absolute Gasteiger partial charge is 0.248 e. The number of aliphatic imine (C=N–C) groups is 1. The zero-order chi connectivity index (χ0) is 20.5. The van der Waals surface area contributed by atoms with E-state index in [2.05, 4.69) is 4.99 Å². The molecule has 154 valence electrons. The number of hydrogen-bond donors (Lipinski definition) is 0. The van der Waals surface area contributed by atoms with Crippen molar-refractivity contribution in [3.8, 4) is 11.5 Å². The number of hydrogen-bond acceptors (Lipinski definition) is 6. The van der Waals surface area contributed by atoms with E-state index < -0.39 is 9.84 Å². The average Bonchev–Trinajstić information content (AvgIpc) is 3.10. The average molecular weight is 447 g/mol. The lowest BCUT2D eigenvalue weighted by atomic mass is 10.1. The number of amidine groups is 1. The molecule has 0 bridgehead atoms. The van der Waals surface area contributed by atoms with Crippen LogP contribution in [0.4, 0.5) is 5.69 Å².